The molecule has 0 aliphatic heterocycles. The lowest BCUT2D eigenvalue weighted by molar-refractivity contribution is -0.195. The summed E-state index contributed by atoms with van der Waals surface area (Å²) in [5.41, 5.74) is 0. The Labute approximate surface area is 70.0 Å². The average molecular weight is 186 g/mol. The molecule has 0 aromatic carbocycles. The van der Waals surface area contributed by atoms with Gasteiger partial charge in [0.25, 0.3) is 0 Å². The van der Waals surface area contributed by atoms with E-state index in [1.807, 2.05) is 0 Å². The smallest absolute Gasteiger partial charge is 0.247 e. The molecule has 2 unspecified atom stereocenters. The third-order valence-corrected chi connectivity index (χ3v) is 1.88. The third kappa shape index (κ3) is 2.99. The van der Waals surface area contributed by atoms with Crippen LogP contribution in [0.5, 0.6) is 0 Å². The second-order valence-corrected chi connectivity index (χ2v) is 3.24. The van der Waals surface area contributed by atoms with Gasteiger partial charge < -0.3 is 0 Å². The molecule has 0 saturated heterocycles. The Hall–Kier alpha value is -0.280. The molecule has 0 heterocycles. The maximum atomic E-state index is 13.0. The highest BCUT2D eigenvalue weighted by Gasteiger charge is 2.44. The number of hydrogen-bond donors (Lipinski definition) is 0. The summed E-state index contributed by atoms with van der Waals surface area (Å²) in [6.45, 7) is 4.27. The first kappa shape index (κ1) is 11.7. The van der Waals surface area contributed by atoms with Gasteiger partial charge in [0.05, 0.1) is 5.92 Å². The molecule has 0 radical (unpaired) electrons. The van der Waals surface area contributed by atoms with Gasteiger partial charge in [0.1, 0.15) is 6.17 Å². The van der Waals surface area contributed by atoms with Crippen LogP contribution in [0, 0.1) is 11.8 Å². The van der Waals surface area contributed by atoms with Gasteiger partial charge in [0.15, 0.2) is 0 Å². The van der Waals surface area contributed by atoms with Crippen LogP contribution in [0.2, 0.25) is 0 Å². The van der Waals surface area contributed by atoms with Gasteiger partial charge in [0, 0.05) is 0 Å². The molecular formula is C8H14F4. The Morgan fingerprint density at radius 2 is 1.58 bits per heavy atom. The molecule has 0 aromatic heterocycles. The third-order valence-electron chi connectivity index (χ3n) is 1.88. The molecule has 0 spiro atoms. The highest BCUT2D eigenvalue weighted by Crippen LogP contribution is 2.35. The zero-order chi connectivity index (χ0) is 9.94. The van der Waals surface area contributed by atoms with Crippen LogP contribution in [0.1, 0.15) is 27.2 Å². The Morgan fingerprint density at radius 1 is 1.17 bits per heavy atom. The van der Waals surface area contributed by atoms with Gasteiger partial charge in [0.2, 0.25) is 0 Å². The van der Waals surface area contributed by atoms with Crippen LogP contribution < -0.4 is 0 Å². The fourth-order valence-electron chi connectivity index (χ4n) is 1.10. The second-order valence-electron chi connectivity index (χ2n) is 3.24. The SMILES string of the molecule is CCC(C(F)C(C)C)C(F)(F)F. The molecule has 2 atom stereocenters. The van der Waals surface area contributed by atoms with Crippen LogP contribution in [-0.2, 0) is 0 Å². The molecule has 0 amide bonds. The molecule has 0 aliphatic carbocycles. The van der Waals surface area contributed by atoms with Crippen molar-refractivity contribution in [2.24, 2.45) is 11.8 Å². The van der Waals surface area contributed by atoms with Crippen molar-refractivity contribution in [2.45, 2.75) is 39.5 Å². The first-order chi connectivity index (χ1) is 5.30. The fraction of sp³-hybridized carbons (Fsp3) is 1.00. The summed E-state index contributed by atoms with van der Waals surface area (Å²) in [5.74, 6) is -2.38. The predicted molar refractivity (Wildman–Crippen MR) is 39.6 cm³/mol. The summed E-state index contributed by atoms with van der Waals surface area (Å²) in [7, 11) is 0. The van der Waals surface area contributed by atoms with Gasteiger partial charge in [-0.05, 0) is 12.3 Å². The van der Waals surface area contributed by atoms with Crippen LogP contribution in [0.25, 0.3) is 0 Å². The van der Waals surface area contributed by atoms with Crippen molar-refractivity contribution in [2.75, 3.05) is 0 Å². The first-order valence-corrected chi connectivity index (χ1v) is 4.01. The summed E-state index contributed by atoms with van der Waals surface area (Å²) in [4.78, 5) is 0. The zero-order valence-electron chi connectivity index (χ0n) is 7.45. The normalized spacial score (nSPS) is 18.0. The minimum atomic E-state index is -4.40. The topological polar surface area (TPSA) is 0 Å². The number of halogens is 4. The zero-order valence-corrected chi connectivity index (χ0v) is 7.45. The van der Waals surface area contributed by atoms with E-state index in [-0.39, 0.29) is 6.42 Å². The van der Waals surface area contributed by atoms with Crippen LogP contribution in [0.3, 0.4) is 0 Å². The van der Waals surface area contributed by atoms with Gasteiger partial charge in [-0.1, -0.05) is 20.8 Å². The molecular weight excluding hydrogens is 172 g/mol. The predicted octanol–water partition coefficient (Wildman–Crippen LogP) is 3.57. The van der Waals surface area contributed by atoms with E-state index in [9.17, 15) is 17.6 Å². The molecule has 0 fully saturated rings. The minimum absolute atomic E-state index is 0.192. The van der Waals surface area contributed by atoms with Crippen molar-refractivity contribution in [3.63, 3.8) is 0 Å². The Balaban J connectivity index is 4.35. The maximum Gasteiger partial charge on any atom is 0.394 e. The standard InChI is InChI=1S/C8H14F4/c1-4-6(8(10,11)12)7(9)5(2)3/h5-7H,4H2,1-3H3. The number of rotatable bonds is 3. The average Bonchev–Trinajstić information content (AvgIpc) is 1.85. The van der Waals surface area contributed by atoms with E-state index in [0.29, 0.717) is 0 Å². The van der Waals surface area contributed by atoms with E-state index in [4.69, 9.17) is 0 Å². The molecule has 0 aliphatic rings. The molecule has 0 N–H and O–H groups in total. The van der Waals surface area contributed by atoms with E-state index in [0.717, 1.165) is 0 Å². The molecule has 4 heteroatoms. The van der Waals surface area contributed by atoms with Crippen LogP contribution in [0.15, 0.2) is 0 Å². The lowest BCUT2D eigenvalue weighted by atomic mass is 9.92. The Morgan fingerprint density at radius 3 is 1.67 bits per heavy atom. The molecule has 12 heavy (non-hydrogen) atoms. The van der Waals surface area contributed by atoms with E-state index < -0.39 is 24.2 Å². The summed E-state index contributed by atoms with van der Waals surface area (Å²) < 4.78 is 49.2. The summed E-state index contributed by atoms with van der Waals surface area (Å²) in [6, 6.07) is 0. The molecule has 0 nitrogen and oxygen atoms in total. The number of alkyl halides is 4. The summed E-state index contributed by atoms with van der Waals surface area (Å²) in [6.07, 6.45) is -6.38. The van der Waals surface area contributed by atoms with E-state index in [1.54, 1.807) is 0 Å². The van der Waals surface area contributed by atoms with Crippen molar-refractivity contribution in [1.29, 1.82) is 0 Å². The quantitative estimate of drug-likeness (QED) is 0.591. The highest BCUT2D eigenvalue weighted by molar-refractivity contribution is 4.76. The van der Waals surface area contributed by atoms with Crippen molar-refractivity contribution in [1.82, 2.24) is 0 Å². The second kappa shape index (κ2) is 4.10. The maximum absolute atomic E-state index is 13.0. The molecule has 74 valence electrons. The van der Waals surface area contributed by atoms with Gasteiger partial charge in [-0.25, -0.2) is 4.39 Å². The lowest BCUT2D eigenvalue weighted by Crippen LogP contribution is -2.34. The molecule has 0 saturated carbocycles. The summed E-state index contributed by atoms with van der Waals surface area (Å²) in [5, 5.41) is 0. The monoisotopic (exact) mass is 186 g/mol. The highest BCUT2D eigenvalue weighted by atomic mass is 19.4. The van der Waals surface area contributed by atoms with Crippen LogP contribution >= 0.6 is 0 Å². The van der Waals surface area contributed by atoms with Crippen molar-refractivity contribution < 1.29 is 17.6 Å². The van der Waals surface area contributed by atoms with Gasteiger partial charge in [-0.2, -0.15) is 13.2 Å². The van der Waals surface area contributed by atoms with Crippen molar-refractivity contribution >= 4 is 0 Å². The van der Waals surface area contributed by atoms with E-state index >= 15 is 0 Å². The fourth-order valence-corrected chi connectivity index (χ4v) is 1.10. The first-order valence-electron chi connectivity index (χ1n) is 4.01. The van der Waals surface area contributed by atoms with Crippen molar-refractivity contribution in [3.8, 4) is 0 Å². The van der Waals surface area contributed by atoms with Crippen LogP contribution in [0.4, 0.5) is 17.6 Å². The van der Waals surface area contributed by atoms with Gasteiger partial charge in [-0.3, -0.25) is 0 Å². The number of hydrogen-bond acceptors (Lipinski definition) is 0. The lowest BCUT2D eigenvalue weighted by Gasteiger charge is -2.24. The van der Waals surface area contributed by atoms with E-state index in [1.165, 1.54) is 20.8 Å². The molecule has 0 aromatic rings. The van der Waals surface area contributed by atoms with Gasteiger partial charge >= 0.3 is 6.18 Å². The van der Waals surface area contributed by atoms with Gasteiger partial charge in [-0.15, -0.1) is 0 Å². The molecule has 0 bridgehead atoms. The summed E-state index contributed by atoms with van der Waals surface area (Å²) >= 11 is 0. The minimum Gasteiger partial charge on any atom is -0.247 e. The largest absolute Gasteiger partial charge is 0.394 e. The molecule has 0 rings (SSSR count). The Bertz CT molecular complexity index is 128. The van der Waals surface area contributed by atoms with Crippen molar-refractivity contribution in [3.05, 3.63) is 0 Å². The Kier molecular flexibility index (Phi) is 4.00. The van der Waals surface area contributed by atoms with E-state index in [2.05, 4.69) is 0 Å². The van der Waals surface area contributed by atoms with Crippen LogP contribution in [-0.4, -0.2) is 12.3 Å².